The summed E-state index contributed by atoms with van der Waals surface area (Å²) < 4.78 is 5.50. The first-order valence-electron chi connectivity index (χ1n) is 10.8. The molecular formula is C23H24BrN7O2. The number of imidazole rings is 1. The average Bonchev–Trinajstić information content (AvgIpc) is 3.21. The fraction of sp³-hybridized carbons (Fsp3) is 0.304. The topological polar surface area (TPSA) is 81.2 Å². The van der Waals surface area contributed by atoms with E-state index in [1.807, 2.05) is 47.0 Å². The summed E-state index contributed by atoms with van der Waals surface area (Å²) in [6.45, 7) is 3.50. The number of halogens is 1. The first-order chi connectivity index (χ1) is 15.9. The molecule has 1 saturated heterocycles. The highest BCUT2D eigenvalue weighted by Crippen LogP contribution is 2.24. The molecule has 1 aliphatic rings. The first-order valence-corrected chi connectivity index (χ1v) is 11.5. The molecule has 0 bridgehead atoms. The fourth-order valence-corrected chi connectivity index (χ4v) is 4.77. The number of piperazine rings is 1. The Labute approximate surface area is 198 Å². The molecule has 3 aromatic heterocycles. The van der Waals surface area contributed by atoms with Gasteiger partial charge in [-0.15, -0.1) is 0 Å². The average molecular weight is 510 g/mol. The molecule has 0 atom stereocenters. The Balaban J connectivity index is 1.58. The normalized spacial score (nSPS) is 14.3. The van der Waals surface area contributed by atoms with Crippen LogP contribution >= 0.6 is 15.9 Å². The van der Waals surface area contributed by atoms with E-state index >= 15 is 0 Å². The minimum absolute atomic E-state index is 0.339. The molecule has 1 aromatic carbocycles. The van der Waals surface area contributed by atoms with Gasteiger partial charge in [-0.05, 0) is 29.8 Å². The second-order valence-corrected chi connectivity index (χ2v) is 9.08. The maximum absolute atomic E-state index is 13.2. The Kier molecular flexibility index (Phi) is 5.53. The summed E-state index contributed by atoms with van der Waals surface area (Å²) >= 11 is 3.53. The molecule has 4 heterocycles. The van der Waals surface area contributed by atoms with Crippen LogP contribution < -0.4 is 21.0 Å². The molecule has 1 aliphatic heterocycles. The number of rotatable bonds is 4. The van der Waals surface area contributed by atoms with E-state index in [0.29, 0.717) is 23.7 Å². The van der Waals surface area contributed by atoms with Crippen molar-refractivity contribution in [1.29, 1.82) is 0 Å². The van der Waals surface area contributed by atoms with Gasteiger partial charge >= 0.3 is 5.69 Å². The molecule has 9 nitrogen and oxygen atoms in total. The highest BCUT2D eigenvalue weighted by molar-refractivity contribution is 9.10. The lowest BCUT2D eigenvalue weighted by molar-refractivity contribution is 0.620. The van der Waals surface area contributed by atoms with Gasteiger partial charge in [-0.1, -0.05) is 34.1 Å². The first kappa shape index (κ1) is 21.4. The highest BCUT2D eigenvalue weighted by atomic mass is 79.9. The molecule has 10 heteroatoms. The molecule has 0 N–H and O–H groups in total. The van der Waals surface area contributed by atoms with E-state index in [0.717, 1.165) is 46.6 Å². The summed E-state index contributed by atoms with van der Waals surface area (Å²) in [5, 5.41) is 0. The van der Waals surface area contributed by atoms with Gasteiger partial charge in [0.15, 0.2) is 11.2 Å². The van der Waals surface area contributed by atoms with E-state index in [1.165, 1.54) is 11.6 Å². The molecule has 170 valence electrons. The van der Waals surface area contributed by atoms with Gasteiger partial charge in [0.25, 0.3) is 5.56 Å². The van der Waals surface area contributed by atoms with E-state index in [2.05, 4.69) is 30.7 Å². The second-order valence-electron chi connectivity index (χ2n) is 8.17. The zero-order chi connectivity index (χ0) is 23.1. The molecule has 4 aromatic rings. The van der Waals surface area contributed by atoms with Crippen molar-refractivity contribution in [3.8, 4) is 0 Å². The van der Waals surface area contributed by atoms with Crippen molar-refractivity contribution in [3.05, 3.63) is 79.5 Å². The molecule has 5 rings (SSSR count). The van der Waals surface area contributed by atoms with Crippen LogP contribution in [-0.4, -0.2) is 49.8 Å². The summed E-state index contributed by atoms with van der Waals surface area (Å²) in [4.78, 5) is 39.4. The molecule has 1 fully saturated rings. The van der Waals surface area contributed by atoms with E-state index in [9.17, 15) is 9.59 Å². The minimum atomic E-state index is -0.383. The number of hydrogen-bond acceptors (Lipinski definition) is 6. The van der Waals surface area contributed by atoms with Gasteiger partial charge in [-0.25, -0.2) is 9.78 Å². The maximum atomic E-state index is 13.2. The lowest BCUT2D eigenvalue weighted by atomic mass is 10.2. The zero-order valence-corrected chi connectivity index (χ0v) is 20.1. The number of pyridine rings is 1. The Morgan fingerprint density at radius 2 is 1.70 bits per heavy atom. The van der Waals surface area contributed by atoms with Crippen LogP contribution in [0.4, 0.5) is 11.8 Å². The van der Waals surface area contributed by atoms with Crippen molar-refractivity contribution in [3.63, 3.8) is 0 Å². The Morgan fingerprint density at radius 1 is 0.939 bits per heavy atom. The highest BCUT2D eigenvalue weighted by Gasteiger charge is 2.26. The third-order valence-electron chi connectivity index (χ3n) is 6.09. The van der Waals surface area contributed by atoms with E-state index < -0.39 is 0 Å². The number of aryl methyl sites for hydroxylation is 1. The van der Waals surface area contributed by atoms with Gasteiger partial charge in [0, 0.05) is 50.9 Å². The lowest BCUT2D eigenvalue weighted by Crippen LogP contribution is -2.47. The van der Waals surface area contributed by atoms with E-state index in [-0.39, 0.29) is 11.2 Å². The van der Waals surface area contributed by atoms with Crippen LogP contribution in [0.25, 0.3) is 11.2 Å². The Bertz CT molecular complexity index is 1430. The quantitative estimate of drug-likeness (QED) is 0.418. The van der Waals surface area contributed by atoms with Crippen LogP contribution in [-0.2, 0) is 20.6 Å². The number of anilines is 2. The van der Waals surface area contributed by atoms with Crippen LogP contribution in [0.3, 0.4) is 0 Å². The summed E-state index contributed by atoms with van der Waals surface area (Å²) in [6.07, 6.45) is 1.80. The third-order valence-corrected chi connectivity index (χ3v) is 6.59. The van der Waals surface area contributed by atoms with Crippen molar-refractivity contribution in [2.24, 2.45) is 14.1 Å². The van der Waals surface area contributed by atoms with E-state index in [4.69, 9.17) is 4.98 Å². The number of benzene rings is 1. The lowest BCUT2D eigenvalue weighted by Gasteiger charge is -2.36. The molecule has 0 saturated carbocycles. The van der Waals surface area contributed by atoms with Gasteiger partial charge in [0.2, 0.25) is 5.95 Å². The molecule has 0 unspecified atom stereocenters. The Hall–Kier alpha value is -3.40. The number of nitrogens with zero attached hydrogens (tertiary/aromatic N) is 7. The van der Waals surface area contributed by atoms with Gasteiger partial charge in [0.1, 0.15) is 5.82 Å². The Morgan fingerprint density at radius 3 is 2.39 bits per heavy atom. The monoisotopic (exact) mass is 509 g/mol. The predicted octanol–water partition coefficient (Wildman–Crippen LogP) is 1.97. The van der Waals surface area contributed by atoms with Gasteiger partial charge in [-0.3, -0.25) is 18.5 Å². The maximum Gasteiger partial charge on any atom is 0.332 e. The molecule has 0 amide bonds. The largest absolute Gasteiger partial charge is 0.353 e. The van der Waals surface area contributed by atoms with Crippen molar-refractivity contribution >= 4 is 38.9 Å². The van der Waals surface area contributed by atoms with Crippen LogP contribution in [0.5, 0.6) is 0 Å². The molecule has 0 radical (unpaired) electrons. The minimum Gasteiger partial charge on any atom is -0.353 e. The van der Waals surface area contributed by atoms with Crippen LogP contribution in [0.2, 0.25) is 0 Å². The molecule has 33 heavy (non-hydrogen) atoms. The molecule has 0 aliphatic carbocycles. The van der Waals surface area contributed by atoms with E-state index in [1.54, 1.807) is 13.2 Å². The number of aromatic nitrogens is 5. The predicted molar refractivity (Wildman–Crippen MR) is 132 cm³/mol. The fourth-order valence-electron chi connectivity index (χ4n) is 4.32. The van der Waals surface area contributed by atoms with Crippen molar-refractivity contribution in [2.45, 2.75) is 6.54 Å². The number of fused-ring (bicyclic) bond motifs is 1. The molecule has 0 spiro atoms. The second kappa shape index (κ2) is 8.51. The van der Waals surface area contributed by atoms with Crippen LogP contribution in [0, 0.1) is 0 Å². The van der Waals surface area contributed by atoms with Crippen molar-refractivity contribution in [2.75, 3.05) is 36.0 Å². The summed E-state index contributed by atoms with van der Waals surface area (Å²) in [7, 11) is 3.16. The number of hydrogen-bond donors (Lipinski definition) is 0. The summed E-state index contributed by atoms with van der Waals surface area (Å²) in [6, 6.07) is 13.9. The van der Waals surface area contributed by atoms with Gasteiger partial charge in [-0.2, -0.15) is 4.98 Å². The molecular weight excluding hydrogens is 486 g/mol. The SMILES string of the molecule is Cn1c(=O)c2c(nc(N3CCN(c4ccccn4)CC3)n2Cc2cccc(Br)c2)n(C)c1=O. The standard InChI is InChI=1S/C23H24BrN7O2/c1-27-20-19(21(32)28(2)23(27)33)31(15-16-6-5-7-17(24)14-16)22(26-20)30-12-10-29(11-13-30)18-8-3-4-9-25-18/h3-9,14H,10-13,15H2,1-2H3. The van der Waals surface area contributed by atoms with Crippen LogP contribution in [0.15, 0.2) is 62.7 Å². The van der Waals surface area contributed by atoms with Gasteiger partial charge < -0.3 is 9.80 Å². The van der Waals surface area contributed by atoms with Crippen molar-refractivity contribution in [1.82, 2.24) is 23.7 Å². The van der Waals surface area contributed by atoms with Crippen LogP contribution in [0.1, 0.15) is 5.56 Å². The van der Waals surface area contributed by atoms with Gasteiger partial charge in [0.05, 0.1) is 6.54 Å². The van der Waals surface area contributed by atoms with Crippen molar-refractivity contribution < 1.29 is 0 Å². The zero-order valence-electron chi connectivity index (χ0n) is 18.5. The summed E-state index contributed by atoms with van der Waals surface area (Å²) in [5.41, 5.74) is 1.15. The summed E-state index contributed by atoms with van der Waals surface area (Å²) in [5.74, 6) is 1.65. The smallest absolute Gasteiger partial charge is 0.332 e. The third kappa shape index (κ3) is 3.84.